The number of aromatic amines is 1. The molecular formula is C23H28FN7O4. The van der Waals surface area contributed by atoms with Crippen molar-refractivity contribution in [3.8, 4) is 5.88 Å². The Labute approximate surface area is 200 Å². The van der Waals surface area contributed by atoms with Crippen LogP contribution in [0.25, 0.3) is 5.65 Å². The average molecular weight is 486 g/mol. The van der Waals surface area contributed by atoms with Crippen molar-refractivity contribution in [3.05, 3.63) is 29.7 Å². The molecule has 4 aliphatic carbocycles. The maximum Gasteiger partial charge on any atom is 0.407 e. The molecule has 0 unspecified atom stereocenters. The van der Waals surface area contributed by atoms with E-state index < -0.39 is 24.3 Å². The van der Waals surface area contributed by atoms with Crippen LogP contribution in [-0.4, -0.2) is 62.7 Å². The predicted molar refractivity (Wildman–Crippen MR) is 122 cm³/mol. The van der Waals surface area contributed by atoms with E-state index in [0.717, 1.165) is 30.9 Å². The second-order valence-electron chi connectivity index (χ2n) is 9.80. The Kier molecular flexibility index (Phi) is 5.28. The lowest BCUT2D eigenvalue weighted by molar-refractivity contribution is -0.0532. The fourth-order valence-electron chi connectivity index (χ4n) is 5.52. The molecule has 0 radical (unpaired) electrons. The van der Waals surface area contributed by atoms with Crippen LogP contribution in [0.2, 0.25) is 0 Å². The summed E-state index contributed by atoms with van der Waals surface area (Å²) in [5.74, 6) is 1.62. The van der Waals surface area contributed by atoms with Crippen molar-refractivity contribution in [1.82, 2.24) is 29.9 Å². The number of halogens is 1. The van der Waals surface area contributed by atoms with Crippen molar-refractivity contribution in [2.75, 3.05) is 19.5 Å². The summed E-state index contributed by atoms with van der Waals surface area (Å²) in [5, 5.41) is 13.3. The number of carbonyl (C=O) groups is 1. The zero-order valence-electron chi connectivity index (χ0n) is 19.6. The van der Waals surface area contributed by atoms with E-state index in [0.29, 0.717) is 48.4 Å². The second kappa shape index (κ2) is 8.36. The van der Waals surface area contributed by atoms with Crippen LogP contribution in [0.4, 0.5) is 21.0 Å². The average Bonchev–Trinajstić information content (AvgIpc) is 3.49. The van der Waals surface area contributed by atoms with E-state index in [1.807, 2.05) is 6.20 Å². The molecule has 0 spiro atoms. The Morgan fingerprint density at radius 2 is 2.09 bits per heavy atom. The van der Waals surface area contributed by atoms with E-state index in [1.165, 1.54) is 7.11 Å². The van der Waals surface area contributed by atoms with Crippen LogP contribution in [0.5, 0.6) is 5.88 Å². The number of carbonyl (C=O) groups excluding carboxylic acids is 1. The van der Waals surface area contributed by atoms with E-state index in [-0.39, 0.29) is 5.54 Å². The molecule has 2 bridgehead atoms. The van der Waals surface area contributed by atoms with Gasteiger partial charge in [-0.1, -0.05) is 0 Å². The summed E-state index contributed by atoms with van der Waals surface area (Å²) in [6.45, 7) is 0.359. The topological polar surface area (TPSA) is 128 Å². The summed E-state index contributed by atoms with van der Waals surface area (Å²) in [6.07, 6.45) is 3.29. The van der Waals surface area contributed by atoms with Gasteiger partial charge < -0.3 is 24.8 Å². The van der Waals surface area contributed by atoms with Crippen LogP contribution in [0.1, 0.15) is 49.4 Å². The number of amides is 1. The zero-order chi connectivity index (χ0) is 24.2. The quantitative estimate of drug-likeness (QED) is 0.444. The van der Waals surface area contributed by atoms with Gasteiger partial charge in [0.2, 0.25) is 11.8 Å². The monoisotopic (exact) mass is 485 g/mol. The lowest BCUT2D eigenvalue weighted by atomic mass is 9.50. The van der Waals surface area contributed by atoms with Crippen LogP contribution < -0.4 is 15.4 Å². The minimum atomic E-state index is -1.31. The molecule has 3 aromatic rings. The van der Waals surface area contributed by atoms with Crippen molar-refractivity contribution in [2.45, 2.75) is 62.4 Å². The highest BCUT2D eigenvalue weighted by atomic mass is 19.1. The van der Waals surface area contributed by atoms with Gasteiger partial charge in [-0.25, -0.2) is 14.2 Å². The number of ether oxygens (including phenoxy) is 3. The summed E-state index contributed by atoms with van der Waals surface area (Å²) >= 11 is 0. The maximum atomic E-state index is 15.2. The molecule has 12 heteroatoms. The number of anilines is 2. The van der Waals surface area contributed by atoms with Gasteiger partial charge in [-0.2, -0.15) is 10.1 Å². The molecule has 11 nitrogen and oxygen atoms in total. The number of nitrogens with one attached hydrogen (secondary N) is 3. The number of nitrogens with zero attached hydrogens (tertiary/aromatic N) is 4. The first-order valence-corrected chi connectivity index (χ1v) is 11.8. The Morgan fingerprint density at radius 3 is 2.80 bits per heavy atom. The number of fused-ring (bicyclic) bond motifs is 1. The number of rotatable bonds is 8. The summed E-state index contributed by atoms with van der Waals surface area (Å²) in [5.41, 5.74) is 1.92. The fraction of sp³-hybridized carbons (Fsp3) is 0.565. The molecule has 4 aliphatic rings. The highest BCUT2D eigenvalue weighted by molar-refractivity contribution is 5.69. The third-order valence-electron chi connectivity index (χ3n) is 7.38. The standard InChI is InChI=1S/C23H28FN7O4/c1-33-11-13-10-31-18(25-13)6-19(34-2)27-21(31)26-17-5-15(29-30-17)14-3-4-16(20(14)24)35-22(32)28-23-7-12(8-23)9-23/h5-6,10,12,14,16,20H,3-4,7-9,11H2,1-2H3,(H,28,32)(H2,26,27,29,30)/t12?,14-,16-,20-,23?/m0/s1. The lowest BCUT2D eigenvalue weighted by Gasteiger charge is -2.61. The molecule has 0 aliphatic heterocycles. The molecule has 3 atom stereocenters. The van der Waals surface area contributed by atoms with E-state index in [2.05, 4.69) is 30.8 Å². The molecule has 0 saturated heterocycles. The van der Waals surface area contributed by atoms with Crippen LogP contribution in [0.15, 0.2) is 18.3 Å². The van der Waals surface area contributed by atoms with Crippen molar-refractivity contribution in [1.29, 1.82) is 0 Å². The van der Waals surface area contributed by atoms with Crippen LogP contribution in [0.3, 0.4) is 0 Å². The highest BCUT2D eigenvalue weighted by Gasteiger charge is 2.58. The number of H-pyrrole nitrogens is 1. The van der Waals surface area contributed by atoms with E-state index >= 15 is 4.39 Å². The van der Waals surface area contributed by atoms with Crippen molar-refractivity contribution < 1.29 is 23.4 Å². The minimum Gasteiger partial charge on any atom is -0.481 e. The molecule has 186 valence electrons. The van der Waals surface area contributed by atoms with Gasteiger partial charge in [0.1, 0.15) is 17.9 Å². The van der Waals surface area contributed by atoms with Crippen LogP contribution >= 0.6 is 0 Å². The number of imidazole rings is 1. The Bertz CT molecular complexity index is 1240. The number of aromatic nitrogens is 5. The third kappa shape index (κ3) is 3.95. The largest absolute Gasteiger partial charge is 0.481 e. The molecule has 35 heavy (non-hydrogen) atoms. The lowest BCUT2D eigenvalue weighted by Crippen LogP contribution is -2.68. The Hall–Kier alpha value is -3.41. The first kappa shape index (κ1) is 22.1. The molecular weight excluding hydrogens is 457 g/mol. The summed E-state index contributed by atoms with van der Waals surface area (Å²) in [4.78, 5) is 21.2. The smallest absolute Gasteiger partial charge is 0.407 e. The molecule has 0 aromatic carbocycles. The second-order valence-corrected chi connectivity index (χ2v) is 9.80. The number of hydrogen-bond donors (Lipinski definition) is 3. The van der Waals surface area contributed by atoms with Gasteiger partial charge in [-0.3, -0.25) is 9.50 Å². The summed E-state index contributed by atoms with van der Waals surface area (Å²) in [6, 6.07) is 3.47. The van der Waals surface area contributed by atoms with Crippen LogP contribution in [0, 0.1) is 5.92 Å². The van der Waals surface area contributed by atoms with Gasteiger partial charge >= 0.3 is 6.09 Å². The van der Waals surface area contributed by atoms with Crippen molar-refractivity contribution in [3.63, 3.8) is 0 Å². The first-order chi connectivity index (χ1) is 16.9. The van der Waals surface area contributed by atoms with E-state index in [1.54, 1.807) is 23.6 Å². The van der Waals surface area contributed by atoms with E-state index in [4.69, 9.17) is 14.2 Å². The predicted octanol–water partition coefficient (Wildman–Crippen LogP) is 3.21. The van der Waals surface area contributed by atoms with Gasteiger partial charge in [0.25, 0.3) is 0 Å². The van der Waals surface area contributed by atoms with Gasteiger partial charge in [-0.15, -0.1) is 0 Å². The SMILES string of the molecule is COCc1cn2c(Nc3cc([C@@H]4CC[C@H](OC(=O)NC56CC(C5)C6)[C@H]4F)[nH]n3)nc(OC)cc2n1. The summed E-state index contributed by atoms with van der Waals surface area (Å²) < 4.78 is 32.9. The number of alkyl halides is 1. The third-order valence-corrected chi connectivity index (χ3v) is 7.38. The highest BCUT2D eigenvalue weighted by Crippen LogP contribution is 2.57. The molecule has 4 fully saturated rings. The molecule has 3 aromatic heterocycles. The fourth-order valence-corrected chi connectivity index (χ4v) is 5.52. The first-order valence-electron chi connectivity index (χ1n) is 11.8. The van der Waals surface area contributed by atoms with Gasteiger partial charge in [-0.05, 0) is 38.0 Å². The van der Waals surface area contributed by atoms with Crippen LogP contribution in [-0.2, 0) is 16.1 Å². The van der Waals surface area contributed by atoms with Gasteiger partial charge in [0.15, 0.2) is 5.82 Å². The molecule has 3 N–H and O–H groups in total. The number of hydrogen-bond acceptors (Lipinski definition) is 8. The Morgan fingerprint density at radius 1 is 1.26 bits per heavy atom. The van der Waals surface area contributed by atoms with Crippen molar-refractivity contribution in [2.24, 2.45) is 5.92 Å². The summed E-state index contributed by atoms with van der Waals surface area (Å²) in [7, 11) is 3.14. The molecule has 7 rings (SSSR count). The van der Waals surface area contributed by atoms with Gasteiger partial charge in [0, 0.05) is 42.6 Å². The van der Waals surface area contributed by atoms with E-state index in [9.17, 15) is 4.79 Å². The normalized spacial score (nSPS) is 28.9. The molecule has 1 amide bonds. The minimum absolute atomic E-state index is 0.0886. The van der Waals surface area contributed by atoms with Crippen molar-refractivity contribution >= 4 is 23.5 Å². The Balaban J connectivity index is 1.14. The van der Waals surface area contributed by atoms with Gasteiger partial charge in [0.05, 0.1) is 19.4 Å². The zero-order valence-corrected chi connectivity index (χ0v) is 19.6. The molecule has 3 heterocycles. The maximum absolute atomic E-state index is 15.2. The molecule has 4 saturated carbocycles. The number of methoxy groups -OCH3 is 2. The number of alkyl carbamates (subject to hydrolysis) is 1.